The van der Waals surface area contributed by atoms with Crippen LogP contribution in [0.2, 0.25) is 0 Å². The number of rotatable bonds is 0. The van der Waals surface area contributed by atoms with Crippen LogP contribution < -0.4 is 0 Å². The number of likely N-dealkylation sites (tertiary alicyclic amines) is 1. The van der Waals surface area contributed by atoms with Crippen LogP contribution in [0.3, 0.4) is 0 Å². The molecule has 0 aromatic heterocycles. The maximum absolute atomic E-state index is 11.8. The van der Waals surface area contributed by atoms with Gasteiger partial charge in [-0.05, 0) is 27.2 Å². The molecule has 94 valence electrons. The molecule has 0 bridgehead atoms. The van der Waals surface area contributed by atoms with Crippen molar-refractivity contribution in [1.29, 1.82) is 0 Å². The fraction of sp³-hybridized carbons (Fsp3) is 0.900. The van der Waals surface area contributed by atoms with Gasteiger partial charge in [-0.2, -0.15) is 0 Å². The van der Waals surface area contributed by atoms with Crippen LogP contribution in [0.1, 0.15) is 27.2 Å². The van der Waals surface area contributed by atoms with Crippen molar-refractivity contribution in [3.8, 4) is 0 Å². The largest absolute Gasteiger partial charge is 0.444 e. The standard InChI is InChI=1S/C10H18INO4/c1-10(2,3)16-9(15)12-5-4-6(13)7(14)8(12)11/h6-8,13-14H,4-5H2,1-3H3. The molecule has 2 N–H and O–H groups in total. The number of amides is 1. The summed E-state index contributed by atoms with van der Waals surface area (Å²) in [4.78, 5) is 13.2. The summed E-state index contributed by atoms with van der Waals surface area (Å²) < 4.78 is 4.77. The topological polar surface area (TPSA) is 70.0 Å². The van der Waals surface area contributed by atoms with E-state index in [2.05, 4.69) is 0 Å². The average Bonchev–Trinajstić information content (AvgIpc) is 2.11. The second-order valence-corrected chi connectivity index (χ2v) is 6.17. The van der Waals surface area contributed by atoms with E-state index in [-0.39, 0.29) is 0 Å². The first kappa shape index (κ1) is 14.0. The van der Waals surface area contributed by atoms with Crippen LogP contribution in [0.4, 0.5) is 4.79 Å². The van der Waals surface area contributed by atoms with Crippen LogP contribution in [-0.4, -0.2) is 49.6 Å². The fourth-order valence-electron chi connectivity index (χ4n) is 1.45. The van der Waals surface area contributed by atoms with E-state index in [1.807, 2.05) is 22.6 Å². The molecule has 6 heteroatoms. The van der Waals surface area contributed by atoms with E-state index < -0.39 is 28.0 Å². The summed E-state index contributed by atoms with van der Waals surface area (Å²) >= 11 is 1.94. The maximum atomic E-state index is 11.8. The second kappa shape index (κ2) is 5.05. The van der Waals surface area contributed by atoms with Crippen molar-refractivity contribution in [3.63, 3.8) is 0 Å². The van der Waals surface area contributed by atoms with Gasteiger partial charge in [-0.1, -0.05) is 22.6 Å². The summed E-state index contributed by atoms with van der Waals surface area (Å²) in [5.74, 6) is 0. The van der Waals surface area contributed by atoms with E-state index in [1.165, 1.54) is 4.90 Å². The molecular formula is C10H18INO4. The molecule has 1 fully saturated rings. The van der Waals surface area contributed by atoms with Gasteiger partial charge in [0.05, 0.1) is 6.10 Å². The minimum absolute atomic E-state index is 0.375. The van der Waals surface area contributed by atoms with E-state index in [0.717, 1.165) is 0 Å². The molecule has 1 rings (SSSR count). The zero-order valence-electron chi connectivity index (χ0n) is 9.68. The Morgan fingerprint density at radius 3 is 2.50 bits per heavy atom. The number of aliphatic hydroxyl groups excluding tert-OH is 2. The fourth-order valence-corrected chi connectivity index (χ4v) is 2.43. The Hall–Kier alpha value is -0.0800. The van der Waals surface area contributed by atoms with Gasteiger partial charge in [-0.3, -0.25) is 4.90 Å². The Morgan fingerprint density at radius 2 is 2.00 bits per heavy atom. The lowest BCUT2D eigenvalue weighted by molar-refractivity contribution is -0.0520. The maximum Gasteiger partial charge on any atom is 0.411 e. The Morgan fingerprint density at radius 1 is 1.44 bits per heavy atom. The van der Waals surface area contributed by atoms with Gasteiger partial charge in [0.1, 0.15) is 15.8 Å². The highest BCUT2D eigenvalue weighted by molar-refractivity contribution is 14.1. The quantitative estimate of drug-likeness (QED) is 0.393. The molecule has 0 aromatic carbocycles. The predicted octanol–water partition coefficient (Wildman–Crippen LogP) is 1.11. The van der Waals surface area contributed by atoms with Crippen molar-refractivity contribution < 1.29 is 19.7 Å². The molecule has 1 aliphatic rings. The van der Waals surface area contributed by atoms with E-state index in [9.17, 15) is 15.0 Å². The van der Waals surface area contributed by atoms with Crippen LogP contribution in [0.5, 0.6) is 0 Å². The average molecular weight is 343 g/mol. The molecule has 0 aliphatic carbocycles. The van der Waals surface area contributed by atoms with Gasteiger partial charge in [0.15, 0.2) is 0 Å². The number of ether oxygens (including phenoxy) is 1. The van der Waals surface area contributed by atoms with E-state index in [4.69, 9.17) is 4.74 Å². The Balaban J connectivity index is 2.64. The molecule has 5 nitrogen and oxygen atoms in total. The molecule has 1 heterocycles. The summed E-state index contributed by atoms with van der Waals surface area (Å²) in [7, 11) is 0. The molecule has 1 saturated heterocycles. The van der Waals surface area contributed by atoms with Gasteiger partial charge in [0.25, 0.3) is 0 Å². The third-order valence-corrected chi connectivity index (χ3v) is 3.68. The van der Waals surface area contributed by atoms with Crippen LogP contribution >= 0.6 is 22.6 Å². The summed E-state index contributed by atoms with van der Waals surface area (Å²) in [5, 5.41) is 19.1. The van der Waals surface area contributed by atoms with Crippen molar-refractivity contribution in [1.82, 2.24) is 4.90 Å². The van der Waals surface area contributed by atoms with Crippen LogP contribution in [0.15, 0.2) is 0 Å². The molecule has 16 heavy (non-hydrogen) atoms. The molecule has 1 amide bonds. The van der Waals surface area contributed by atoms with Crippen molar-refractivity contribution in [2.75, 3.05) is 6.54 Å². The summed E-state index contributed by atoms with van der Waals surface area (Å²) in [6.45, 7) is 5.79. The number of carbonyl (C=O) groups excluding carboxylic acids is 1. The number of halogens is 1. The van der Waals surface area contributed by atoms with E-state index in [0.29, 0.717) is 13.0 Å². The molecule has 0 aromatic rings. The third-order valence-electron chi connectivity index (χ3n) is 2.27. The molecule has 0 spiro atoms. The van der Waals surface area contributed by atoms with Crippen molar-refractivity contribution >= 4 is 28.7 Å². The minimum Gasteiger partial charge on any atom is -0.444 e. The summed E-state index contributed by atoms with van der Waals surface area (Å²) in [6, 6.07) is 0. The highest BCUT2D eigenvalue weighted by Crippen LogP contribution is 2.25. The lowest BCUT2D eigenvalue weighted by Gasteiger charge is -2.38. The Labute approximate surface area is 109 Å². The molecule has 3 atom stereocenters. The lowest BCUT2D eigenvalue weighted by atomic mass is 10.1. The van der Waals surface area contributed by atoms with E-state index >= 15 is 0 Å². The lowest BCUT2D eigenvalue weighted by Crippen LogP contribution is -2.54. The summed E-state index contributed by atoms with van der Waals surface area (Å²) in [6.07, 6.45) is -1.75. The number of hydrogen-bond donors (Lipinski definition) is 2. The molecular weight excluding hydrogens is 325 g/mol. The SMILES string of the molecule is CC(C)(C)OC(=O)N1CCC(O)C(O)C1I. The summed E-state index contributed by atoms with van der Waals surface area (Å²) in [5.41, 5.74) is -0.547. The van der Waals surface area contributed by atoms with Crippen molar-refractivity contribution in [2.45, 2.75) is 49.0 Å². The van der Waals surface area contributed by atoms with Gasteiger partial charge in [0.2, 0.25) is 0 Å². The third kappa shape index (κ3) is 3.46. The Bertz CT molecular complexity index is 266. The first-order chi connectivity index (χ1) is 7.22. The number of piperidine rings is 1. The van der Waals surface area contributed by atoms with Gasteiger partial charge < -0.3 is 14.9 Å². The monoisotopic (exact) mass is 343 g/mol. The normalized spacial score (nSPS) is 31.4. The molecule has 1 aliphatic heterocycles. The first-order valence-electron chi connectivity index (χ1n) is 5.22. The van der Waals surface area contributed by atoms with E-state index in [1.54, 1.807) is 20.8 Å². The smallest absolute Gasteiger partial charge is 0.411 e. The van der Waals surface area contributed by atoms with Crippen LogP contribution in [-0.2, 0) is 4.74 Å². The molecule has 3 unspecified atom stereocenters. The number of hydrogen-bond acceptors (Lipinski definition) is 4. The number of nitrogens with zero attached hydrogens (tertiary/aromatic N) is 1. The van der Waals surface area contributed by atoms with Crippen molar-refractivity contribution in [2.24, 2.45) is 0 Å². The first-order valence-corrected chi connectivity index (χ1v) is 6.47. The van der Waals surface area contributed by atoms with Gasteiger partial charge in [0, 0.05) is 6.54 Å². The zero-order chi connectivity index (χ0) is 12.5. The Kier molecular flexibility index (Phi) is 4.42. The van der Waals surface area contributed by atoms with Gasteiger partial charge >= 0.3 is 6.09 Å². The molecule has 0 radical (unpaired) electrons. The second-order valence-electron chi connectivity index (χ2n) is 4.89. The van der Waals surface area contributed by atoms with Crippen molar-refractivity contribution in [3.05, 3.63) is 0 Å². The minimum atomic E-state index is -0.915. The highest BCUT2D eigenvalue weighted by atomic mass is 127. The number of carbonyl (C=O) groups is 1. The van der Waals surface area contributed by atoms with Gasteiger partial charge in [-0.15, -0.1) is 0 Å². The van der Waals surface area contributed by atoms with Crippen LogP contribution in [0.25, 0.3) is 0 Å². The van der Waals surface area contributed by atoms with Gasteiger partial charge in [-0.25, -0.2) is 4.79 Å². The highest BCUT2D eigenvalue weighted by Gasteiger charge is 2.38. The molecule has 0 saturated carbocycles. The zero-order valence-corrected chi connectivity index (χ0v) is 11.8. The number of aliphatic hydroxyl groups is 2. The van der Waals surface area contributed by atoms with Crippen LogP contribution in [0, 0.1) is 0 Å². The predicted molar refractivity (Wildman–Crippen MR) is 67.4 cm³/mol. The number of alkyl halides is 1.